The van der Waals surface area contributed by atoms with Gasteiger partial charge in [-0.15, -0.1) is 0 Å². The van der Waals surface area contributed by atoms with Crippen LogP contribution in [0.15, 0.2) is 10.8 Å². The molecule has 0 saturated carbocycles. The van der Waals surface area contributed by atoms with Crippen LogP contribution >= 0.6 is 11.3 Å². The Morgan fingerprint density at radius 2 is 1.93 bits per heavy atom. The number of carbonyl (C=O) groups excluding carboxylic acids is 1. The van der Waals surface area contributed by atoms with Crippen molar-refractivity contribution in [3.05, 3.63) is 21.9 Å². The fraction of sp³-hybridized carbons (Fsp3) is 0.333. The van der Waals surface area contributed by atoms with Gasteiger partial charge in [0.2, 0.25) is 0 Å². The summed E-state index contributed by atoms with van der Waals surface area (Å²) in [4.78, 5) is 22.2. The van der Waals surface area contributed by atoms with Gasteiger partial charge in [-0.2, -0.15) is 11.3 Å². The summed E-state index contributed by atoms with van der Waals surface area (Å²) in [6.07, 6.45) is 0. The third-order valence-electron chi connectivity index (χ3n) is 1.56. The van der Waals surface area contributed by atoms with Gasteiger partial charge in [0.25, 0.3) is 5.91 Å². The van der Waals surface area contributed by atoms with Crippen LogP contribution in [0.5, 0.6) is 0 Å². The molecule has 0 atom stereocenters. The lowest BCUT2D eigenvalue weighted by Crippen LogP contribution is -2.30. The monoisotopic (exact) mass is 213 g/mol. The summed E-state index contributed by atoms with van der Waals surface area (Å²) in [5, 5.41) is 14.4. The minimum atomic E-state index is -1.07. The number of thiophene rings is 1. The van der Waals surface area contributed by atoms with Gasteiger partial charge < -0.3 is 10.4 Å². The normalized spacial score (nSPS) is 10.2. The minimum absolute atomic E-state index is 0.00375. The highest BCUT2D eigenvalue weighted by atomic mass is 32.1. The number of rotatable bonds is 3. The lowest BCUT2D eigenvalue weighted by Gasteiger charge is -2.07. The zero-order chi connectivity index (χ0) is 10.7. The van der Waals surface area contributed by atoms with Crippen molar-refractivity contribution < 1.29 is 14.7 Å². The molecule has 4 nitrogen and oxygen atoms in total. The Bertz CT molecular complexity index is 357. The predicted octanol–water partition coefficient (Wildman–Crippen LogP) is 1.58. The Balaban J connectivity index is 2.90. The highest BCUT2D eigenvalue weighted by Gasteiger charge is 2.17. The van der Waals surface area contributed by atoms with Gasteiger partial charge in [-0.1, -0.05) is 0 Å². The fourth-order valence-electron chi connectivity index (χ4n) is 0.978. The standard InChI is InChI=1S/C9H11NO3S/c1-5(2)10-8(11)6-3-14-4-7(6)9(12)13/h3-5H,1-2H3,(H,10,11)(H,12,13). The first-order chi connectivity index (χ1) is 6.52. The largest absolute Gasteiger partial charge is 0.478 e. The topological polar surface area (TPSA) is 66.4 Å². The molecule has 0 bridgehead atoms. The summed E-state index contributed by atoms with van der Waals surface area (Å²) in [5.41, 5.74) is 0.296. The summed E-state index contributed by atoms with van der Waals surface area (Å²) < 4.78 is 0. The average Bonchev–Trinajstić information content (AvgIpc) is 2.49. The first-order valence-electron chi connectivity index (χ1n) is 4.12. The van der Waals surface area contributed by atoms with Gasteiger partial charge >= 0.3 is 5.97 Å². The van der Waals surface area contributed by atoms with E-state index in [1.54, 1.807) is 5.38 Å². The maximum atomic E-state index is 11.5. The molecular weight excluding hydrogens is 202 g/mol. The zero-order valence-corrected chi connectivity index (χ0v) is 8.72. The number of hydrogen-bond acceptors (Lipinski definition) is 3. The number of hydrogen-bond donors (Lipinski definition) is 2. The molecule has 0 aliphatic rings. The molecule has 1 heterocycles. The molecule has 1 aromatic heterocycles. The smallest absolute Gasteiger partial charge is 0.337 e. The van der Waals surface area contributed by atoms with Crippen LogP contribution < -0.4 is 5.32 Å². The van der Waals surface area contributed by atoms with E-state index in [4.69, 9.17) is 5.11 Å². The van der Waals surface area contributed by atoms with E-state index in [-0.39, 0.29) is 23.1 Å². The Hall–Kier alpha value is -1.36. The number of carbonyl (C=O) groups is 2. The first kappa shape index (κ1) is 10.7. The lowest BCUT2D eigenvalue weighted by atomic mass is 10.2. The number of carboxylic acids is 1. The van der Waals surface area contributed by atoms with Crippen LogP contribution in [-0.4, -0.2) is 23.0 Å². The second kappa shape index (κ2) is 4.23. The Morgan fingerprint density at radius 3 is 2.43 bits per heavy atom. The molecule has 1 amide bonds. The van der Waals surface area contributed by atoms with Crippen LogP contribution in [0.3, 0.4) is 0 Å². The van der Waals surface area contributed by atoms with Gasteiger partial charge in [-0.05, 0) is 13.8 Å². The van der Waals surface area contributed by atoms with Crippen molar-refractivity contribution >= 4 is 23.2 Å². The second-order valence-electron chi connectivity index (χ2n) is 3.13. The fourth-order valence-corrected chi connectivity index (χ4v) is 1.78. The van der Waals surface area contributed by atoms with Crippen molar-refractivity contribution in [2.75, 3.05) is 0 Å². The molecular formula is C9H11NO3S. The van der Waals surface area contributed by atoms with Crippen LogP contribution in [-0.2, 0) is 0 Å². The van der Waals surface area contributed by atoms with Crippen molar-refractivity contribution in [3.8, 4) is 0 Å². The maximum Gasteiger partial charge on any atom is 0.337 e. The number of aromatic carboxylic acids is 1. The Morgan fingerprint density at radius 1 is 1.36 bits per heavy atom. The van der Waals surface area contributed by atoms with Crippen molar-refractivity contribution in [3.63, 3.8) is 0 Å². The van der Waals surface area contributed by atoms with Gasteiger partial charge in [-0.25, -0.2) is 4.79 Å². The summed E-state index contributed by atoms with van der Waals surface area (Å²) in [6.45, 7) is 3.65. The van der Waals surface area contributed by atoms with Crippen LogP contribution in [0, 0.1) is 0 Å². The van der Waals surface area contributed by atoms with E-state index in [2.05, 4.69) is 5.32 Å². The van der Waals surface area contributed by atoms with Crippen LogP contribution in [0.25, 0.3) is 0 Å². The SMILES string of the molecule is CC(C)NC(=O)c1cscc1C(=O)O. The van der Waals surface area contributed by atoms with Crippen molar-refractivity contribution in [1.82, 2.24) is 5.32 Å². The van der Waals surface area contributed by atoms with E-state index < -0.39 is 5.97 Å². The number of carboxylic acid groups (broad SMARTS) is 1. The highest BCUT2D eigenvalue weighted by molar-refractivity contribution is 7.08. The number of amides is 1. The van der Waals surface area contributed by atoms with Crippen LogP contribution in [0.1, 0.15) is 34.6 Å². The molecule has 0 unspecified atom stereocenters. The quantitative estimate of drug-likeness (QED) is 0.801. The summed E-state index contributed by atoms with van der Waals surface area (Å²) in [5.74, 6) is -1.40. The molecule has 76 valence electrons. The minimum Gasteiger partial charge on any atom is -0.478 e. The van der Waals surface area contributed by atoms with Gasteiger partial charge in [0, 0.05) is 16.8 Å². The number of nitrogens with one attached hydrogen (secondary N) is 1. The molecule has 1 aromatic rings. The van der Waals surface area contributed by atoms with E-state index in [0.717, 1.165) is 0 Å². The van der Waals surface area contributed by atoms with Crippen LogP contribution in [0.2, 0.25) is 0 Å². The Kier molecular flexibility index (Phi) is 3.24. The second-order valence-corrected chi connectivity index (χ2v) is 3.88. The lowest BCUT2D eigenvalue weighted by molar-refractivity contribution is 0.0691. The summed E-state index contributed by atoms with van der Waals surface area (Å²) >= 11 is 1.21. The molecule has 0 aliphatic heterocycles. The molecule has 0 aromatic carbocycles. The zero-order valence-electron chi connectivity index (χ0n) is 7.90. The van der Waals surface area contributed by atoms with Gasteiger partial charge in [-0.3, -0.25) is 4.79 Å². The summed E-state index contributed by atoms with van der Waals surface area (Å²) in [7, 11) is 0. The molecule has 14 heavy (non-hydrogen) atoms. The third kappa shape index (κ3) is 2.32. The molecule has 0 aliphatic carbocycles. The molecule has 2 N–H and O–H groups in total. The van der Waals surface area contributed by atoms with Gasteiger partial charge in [0.05, 0.1) is 11.1 Å². The first-order valence-corrected chi connectivity index (χ1v) is 5.07. The van der Waals surface area contributed by atoms with Gasteiger partial charge in [0.1, 0.15) is 0 Å². The van der Waals surface area contributed by atoms with Crippen LogP contribution in [0.4, 0.5) is 0 Å². The predicted molar refractivity (Wildman–Crippen MR) is 53.9 cm³/mol. The molecule has 1 rings (SSSR count). The summed E-state index contributed by atoms with van der Waals surface area (Å²) in [6, 6.07) is 0.00375. The van der Waals surface area contributed by atoms with E-state index in [1.165, 1.54) is 16.7 Å². The average molecular weight is 213 g/mol. The molecule has 0 spiro atoms. The van der Waals surface area contributed by atoms with E-state index in [1.807, 2.05) is 13.8 Å². The van der Waals surface area contributed by atoms with Crippen molar-refractivity contribution in [1.29, 1.82) is 0 Å². The van der Waals surface area contributed by atoms with Crippen molar-refractivity contribution in [2.24, 2.45) is 0 Å². The molecule has 0 fully saturated rings. The molecule has 0 radical (unpaired) electrons. The highest BCUT2D eigenvalue weighted by Crippen LogP contribution is 2.14. The van der Waals surface area contributed by atoms with Crippen molar-refractivity contribution in [2.45, 2.75) is 19.9 Å². The molecule has 5 heteroatoms. The van der Waals surface area contributed by atoms with E-state index in [9.17, 15) is 9.59 Å². The van der Waals surface area contributed by atoms with Gasteiger partial charge in [0.15, 0.2) is 0 Å². The maximum absolute atomic E-state index is 11.5. The third-order valence-corrected chi connectivity index (χ3v) is 2.30. The van der Waals surface area contributed by atoms with E-state index >= 15 is 0 Å². The Labute approximate surface area is 85.6 Å². The van der Waals surface area contributed by atoms with E-state index in [0.29, 0.717) is 0 Å². The molecule has 0 saturated heterocycles.